The van der Waals surface area contributed by atoms with Crippen molar-refractivity contribution in [2.24, 2.45) is 0 Å². The van der Waals surface area contributed by atoms with Gasteiger partial charge in [-0.15, -0.1) is 0 Å². The Morgan fingerprint density at radius 2 is 1.86 bits per heavy atom. The van der Waals surface area contributed by atoms with Crippen LogP contribution in [-0.2, 0) is 4.74 Å². The summed E-state index contributed by atoms with van der Waals surface area (Å²) >= 11 is 0. The summed E-state index contributed by atoms with van der Waals surface area (Å²) in [4.78, 5) is 23.9. The molecule has 5 nitrogen and oxygen atoms in total. The number of Topliss-reactive ketones (excluding diaryl/α,β-unsaturated/α-hetero) is 1. The molecule has 116 valence electrons. The van der Waals surface area contributed by atoms with Crippen LogP contribution in [0.5, 0.6) is 0 Å². The number of ether oxygens (including phenoxy) is 1. The number of carbonyl (C=O) groups is 2. The Kier molecular flexibility index (Phi) is 4.45. The standard InChI is InChI=1S/C17H20N2O3/c1-6-22-17(21)16-15(13(5)20)12(4)19(18-16)14-8-7-10(2)11(3)9-14/h7-9H,6H2,1-5H3. The maximum Gasteiger partial charge on any atom is 0.359 e. The lowest BCUT2D eigenvalue weighted by Crippen LogP contribution is -2.10. The number of rotatable bonds is 4. The minimum Gasteiger partial charge on any atom is -0.461 e. The molecule has 0 fully saturated rings. The number of benzene rings is 1. The highest BCUT2D eigenvalue weighted by atomic mass is 16.5. The van der Waals surface area contributed by atoms with Crippen LogP contribution < -0.4 is 0 Å². The van der Waals surface area contributed by atoms with Gasteiger partial charge in [0.25, 0.3) is 0 Å². The van der Waals surface area contributed by atoms with E-state index in [0.29, 0.717) is 11.3 Å². The molecule has 1 aromatic carbocycles. The normalized spacial score (nSPS) is 10.6. The number of aromatic nitrogens is 2. The van der Waals surface area contributed by atoms with Crippen LogP contribution in [0.1, 0.15) is 51.5 Å². The highest BCUT2D eigenvalue weighted by Gasteiger charge is 2.25. The Hall–Kier alpha value is -2.43. The fraction of sp³-hybridized carbons (Fsp3) is 0.353. The Morgan fingerprint density at radius 1 is 1.18 bits per heavy atom. The molecule has 5 heteroatoms. The van der Waals surface area contributed by atoms with Crippen LogP contribution in [-0.4, -0.2) is 28.1 Å². The smallest absolute Gasteiger partial charge is 0.359 e. The maximum atomic E-state index is 12.0. The number of aryl methyl sites for hydroxylation is 2. The third-order valence-electron chi connectivity index (χ3n) is 3.67. The van der Waals surface area contributed by atoms with Gasteiger partial charge in [-0.05, 0) is 57.9 Å². The molecule has 0 spiro atoms. The summed E-state index contributed by atoms with van der Waals surface area (Å²) in [5.74, 6) is -0.769. The largest absolute Gasteiger partial charge is 0.461 e. The van der Waals surface area contributed by atoms with Gasteiger partial charge in [0, 0.05) is 0 Å². The molecule has 2 aromatic rings. The summed E-state index contributed by atoms with van der Waals surface area (Å²) < 4.78 is 6.62. The average Bonchev–Trinajstić information content (AvgIpc) is 2.80. The molecule has 0 aliphatic heterocycles. The van der Waals surface area contributed by atoms with Gasteiger partial charge in [-0.25, -0.2) is 9.48 Å². The van der Waals surface area contributed by atoms with Crippen molar-refractivity contribution in [3.63, 3.8) is 0 Å². The van der Waals surface area contributed by atoms with E-state index in [4.69, 9.17) is 4.74 Å². The number of hydrogen-bond donors (Lipinski definition) is 0. The van der Waals surface area contributed by atoms with Gasteiger partial charge < -0.3 is 4.74 Å². The van der Waals surface area contributed by atoms with Crippen LogP contribution in [0.4, 0.5) is 0 Å². The second kappa shape index (κ2) is 6.13. The van der Waals surface area contributed by atoms with Gasteiger partial charge >= 0.3 is 5.97 Å². The number of carbonyl (C=O) groups excluding carboxylic acids is 2. The van der Waals surface area contributed by atoms with E-state index in [1.54, 1.807) is 18.5 Å². The predicted molar refractivity (Wildman–Crippen MR) is 83.7 cm³/mol. The quantitative estimate of drug-likeness (QED) is 0.642. The van der Waals surface area contributed by atoms with E-state index in [2.05, 4.69) is 5.10 Å². The summed E-state index contributed by atoms with van der Waals surface area (Å²) in [6.45, 7) is 9.21. The Bertz CT molecular complexity index is 745. The molecule has 0 aliphatic rings. The summed E-state index contributed by atoms with van der Waals surface area (Å²) in [6, 6.07) is 5.89. The molecule has 0 aliphatic carbocycles. The van der Waals surface area contributed by atoms with E-state index in [-0.39, 0.29) is 18.1 Å². The molecule has 0 saturated carbocycles. The Balaban J connectivity index is 2.62. The second-order valence-corrected chi connectivity index (χ2v) is 5.27. The van der Waals surface area contributed by atoms with Crippen LogP contribution in [0.25, 0.3) is 5.69 Å². The molecule has 22 heavy (non-hydrogen) atoms. The van der Waals surface area contributed by atoms with Crippen LogP contribution in [0, 0.1) is 20.8 Å². The maximum absolute atomic E-state index is 12.0. The van der Waals surface area contributed by atoms with Crippen LogP contribution >= 0.6 is 0 Å². The zero-order valence-corrected chi connectivity index (χ0v) is 13.6. The van der Waals surface area contributed by atoms with Crippen LogP contribution in [0.15, 0.2) is 18.2 Å². The highest BCUT2D eigenvalue weighted by Crippen LogP contribution is 2.21. The van der Waals surface area contributed by atoms with Crippen molar-refractivity contribution in [2.75, 3.05) is 6.61 Å². The first-order valence-electron chi connectivity index (χ1n) is 7.22. The lowest BCUT2D eigenvalue weighted by molar-refractivity contribution is 0.0516. The number of nitrogens with zero attached hydrogens (tertiary/aromatic N) is 2. The van der Waals surface area contributed by atoms with Crippen molar-refractivity contribution in [1.82, 2.24) is 9.78 Å². The van der Waals surface area contributed by atoms with Gasteiger partial charge in [-0.3, -0.25) is 4.79 Å². The molecular weight excluding hydrogens is 280 g/mol. The van der Waals surface area contributed by atoms with E-state index < -0.39 is 5.97 Å². The van der Waals surface area contributed by atoms with E-state index in [1.165, 1.54) is 12.5 Å². The first-order valence-corrected chi connectivity index (χ1v) is 7.22. The fourth-order valence-electron chi connectivity index (χ4n) is 2.37. The summed E-state index contributed by atoms with van der Waals surface area (Å²) in [5, 5.41) is 4.31. The fourth-order valence-corrected chi connectivity index (χ4v) is 2.37. The number of esters is 1. The van der Waals surface area contributed by atoms with Gasteiger partial charge in [0.05, 0.1) is 23.6 Å². The molecule has 0 amide bonds. The van der Waals surface area contributed by atoms with Crippen molar-refractivity contribution in [3.8, 4) is 5.69 Å². The minimum atomic E-state index is -0.571. The first-order chi connectivity index (χ1) is 10.4. The van der Waals surface area contributed by atoms with Gasteiger partial charge in [0.15, 0.2) is 11.5 Å². The lowest BCUT2D eigenvalue weighted by atomic mass is 10.1. The molecule has 1 aromatic heterocycles. The van der Waals surface area contributed by atoms with E-state index in [9.17, 15) is 9.59 Å². The number of ketones is 1. The molecule has 0 radical (unpaired) electrons. The molecule has 0 atom stereocenters. The van der Waals surface area contributed by atoms with Crippen molar-refractivity contribution in [3.05, 3.63) is 46.3 Å². The number of hydrogen-bond acceptors (Lipinski definition) is 4. The second-order valence-electron chi connectivity index (χ2n) is 5.27. The molecular formula is C17H20N2O3. The van der Waals surface area contributed by atoms with E-state index >= 15 is 0 Å². The molecule has 0 bridgehead atoms. The molecule has 0 N–H and O–H groups in total. The first kappa shape index (κ1) is 15.9. The zero-order valence-electron chi connectivity index (χ0n) is 13.6. The summed E-state index contributed by atoms with van der Waals surface area (Å²) in [5.41, 5.74) is 4.14. The van der Waals surface area contributed by atoms with E-state index in [1.807, 2.05) is 32.0 Å². The third-order valence-corrected chi connectivity index (χ3v) is 3.67. The Morgan fingerprint density at radius 3 is 2.41 bits per heavy atom. The van der Waals surface area contributed by atoms with Crippen LogP contribution in [0.2, 0.25) is 0 Å². The van der Waals surface area contributed by atoms with E-state index in [0.717, 1.165) is 11.3 Å². The highest BCUT2D eigenvalue weighted by molar-refractivity contribution is 6.05. The zero-order chi connectivity index (χ0) is 16.4. The summed E-state index contributed by atoms with van der Waals surface area (Å²) in [6.07, 6.45) is 0. The minimum absolute atomic E-state index is 0.0741. The molecule has 0 saturated heterocycles. The van der Waals surface area contributed by atoms with Crippen molar-refractivity contribution in [1.29, 1.82) is 0 Å². The SMILES string of the molecule is CCOC(=O)c1nn(-c2ccc(C)c(C)c2)c(C)c1C(C)=O. The van der Waals surface area contributed by atoms with Crippen molar-refractivity contribution in [2.45, 2.75) is 34.6 Å². The van der Waals surface area contributed by atoms with Gasteiger partial charge in [0.1, 0.15) is 0 Å². The average molecular weight is 300 g/mol. The monoisotopic (exact) mass is 300 g/mol. The lowest BCUT2D eigenvalue weighted by Gasteiger charge is -2.07. The van der Waals surface area contributed by atoms with Crippen molar-refractivity contribution >= 4 is 11.8 Å². The van der Waals surface area contributed by atoms with Crippen molar-refractivity contribution < 1.29 is 14.3 Å². The molecule has 2 rings (SSSR count). The Labute approximate surface area is 129 Å². The summed E-state index contributed by atoms with van der Waals surface area (Å²) in [7, 11) is 0. The topological polar surface area (TPSA) is 61.2 Å². The predicted octanol–water partition coefficient (Wildman–Crippen LogP) is 3.18. The molecule has 1 heterocycles. The third kappa shape index (κ3) is 2.79. The van der Waals surface area contributed by atoms with Gasteiger partial charge in [-0.2, -0.15) is 5.10 Å². The molecule has 0 unspecified atom stereocenters. The van der Waals surface area contributed by atoms with Gasteiger partial charge in [0.2, 0.25) is 0 Å². The van der Waals surface area contributed by atoms with Crippen LogP contribution in [0.3, 0.4) is 0 Å². The van der Waals surface area contributed by atoms with Gasteiger partial charge in [-0.1, -0.05) is 6.07 Å².